The highest BCUT2D eigenvalue weighted by molar-refractivity contribution is 5.79. The Hall–Kier alpha value is -1.85. The highest BCUT2D eigenvalue weighted by Crippen LogP contribution is 2.49. The standard InChI is InChI=1S/C15H19N3O3/c19-14(10-6-13-16-1-2-18(13)7-10)17-12-5-8-3-9(15(20)21)4-11(8)12/h1-2,8-12H,3-7H2,(H,17,19)(H,20,21)/t8-,9?,10?,11-,12-/m1/s1. The van der Waals surface area contributed by atoms with Gasteiger partial charge in [0.05, 0.1) is 11.8 Å². The molecule has 1 aromatic rings. The average molecular weight is 289 g/mol. The fourth-order valence-corrected chi connectivity index (χ4v) is 4.29. The van der Waals surface area contributed by atoms with Crippen LogP contribution in [0.15, 0.2) is 12.4 Å². The fourth-order valence-electron chi connectivity index (χ4n) is 4.29. The quantitative estimate of drug-likeness (QED) is 0.856. The Kier molecular flexibility index (Phi) is 2.80. The van der Waals surface area contributed by atoms with E-state index in [9.17, 15) is 9.59 Å². The number of nitrogens with one attached hydrogen (secondary N) is 1. The van der Waals surface area contributed by atoms with Crippen LogP contribution in [0, 0.1) is 23.7 Å². The Bertz CT molecular complexity index is 576. The molecule has 0 spiro atoms. The van der Waals surface area contributed by atoms with Gasteiger partial charge < -0.3 is 15.0 Å². The van der Waals surface area contributed by atoms with E-state index in [1.54, 1.807) is 6.20 Å². The molecule has 4 rings (SSSR count). The Morgan fingerprint density at radius 3 is 2.90 bits per heavy atom. The van der Waals surface area contributed by atoms with E-state index >= 15 is 0 Å². The van der Waals surface area contributed by atoms with Gasteiger partial charge in [-0.2, -0.15) is 0 Å². The number of carboxylic acids is 1. The molecule has 6 nitrogen and oxygen atoms in total. The zero-order chi connectivity index (χ0) is 14.6. The number of fused-ring (bicyclic) bond motifs is 2. The monoisotopic (exact) mass is 289 g/mol. The summed E-state index contributed by atoms with van der Waals surface area (Å²) < 4.78 is 2.03. The van der Waals surface area contributed by atoms with Gasteiger partial charge in [-0.1, -0.05) is 0 Å². The summed E-state index contributed by atoms with van der Waals surface area (Å²) >= 11 is 0. The molecule has 1 aromatic heterocycles. The lowest BCUT2D eigenvalue weighted by Crippen LogP contribution is -2.52. The number of aromatic nitrogens is 2. The van der Waals surface area contributed by atoms with Gasteiger partial charge in [-0.25, -0.2) is 4.98 Å². The highest BCUT2D eigenvalue weighted by Gasteiger charge is 2.50. The maximum atomic E-state index is 12.4. The van der Waals surface area contributed by atoms with Gasteiger partial charge in [-0.3, -0.25) is 9.59 Å². The molecule has 2 fully saturated rings. The first-order valence-electron chi connectivity index (χ1n) is 7.65. The third kappa shape index (κ3) is 2.04. The molecule has 2 N–H and O–H groups in total. The van der Waals surface area contributed by atoms with Crippen molar-refractivity contribution in [3.63, 3.8) is 0 Å². The lowest BCUT2D eigenvalue weighted by Gasteiger charge is -2.41. The van der Waals surface area contributed by atoms with Crippen LogP contribution >= 0.6 is 0 Å². The van der Waals surface area contributed by atoms with Crippen molar-refractivity contribution in [3.8, 4) is 0 Å². The zero-order valence-electron chi connectivity index (χ0n) is 11.7. The molecule has 5 atom stereocenters. The number of carbonyl (C=O) groups is 2. The van der Waals surface area contributed by atoms with Crippen molar-refractivity contribution < 1.29 is 14.7 Å². The second-order valence-electron chi connectivity index (χ2n) is 6.68. The number of imidazole rings is 1. The van der Waals surface area contributed by atoms with Crippen molar-refractivity contribution in [2.24, 2.45) is 23.7 Å². The minimum atomic E-state index is -0.685. The number of hydrogen-bond acceptors (Lipinski definition) is 3. The summed E-state index contributed by atoms with van der Waals surface area (Å²) in [5, 5.41) is 12.2. The maximum Gasteiger partial charge on any atom is 0.306 e. The molecule has 1 amide bonds. The largest absolute Gasteiger partial charge is 0.481 e. The van der Waals surface area contributed by atoms with Gasteiger partial charge in [0.1, 0.15) is 5.82 Å². The van der Waals surface area contributed by atoms with E-state index in [0.717, 1.165) is 25.1 Å². The van der Waals surface area contributed by atoms with E-state index in [1.165, 1.54) is 0 Å². The first-order chi connectivity index (χ1) is 10.1. The van der Waals surface area contributed by atoms with Crippen LogP contribution in [0.1, 0.15) is 25.1 Å². The van der Waals surface area contributed by atoms with Gasteiger partial charge in [-0.15, -0.1) is 0 Å². The molecule has 21 heavy (non-hydrogen) atoms. The summed E-state index contributed by atoms with van der Waals surface area (Å²) in [6.07, 6.45) is 6.83. The normalized spacial score (nSPS) is 36.7. The third-order valence-electron chi connectivity index (χ3n) is 5.52. The van der Waals surface area contributed by atoms with Crippen LogP contribution in [-0.2, 0) is 22.6 Å². The van der Waals surface area contributed by atoms with Crippen LogP contribution < -0.4 is 5.32 Å². The first-order valence-corrected chi connectivity index (χ1v) is 7.65. The van der Waals surface area contributed by atoms with Gasteiger partial charge >= 0.3 is 5.97 Å². The van der Waals surface area contributed by atoms with Gasteiger partial charge in [0.25, 0.3) is 0 Å². The number of carboxylic acid groups (broad SMARTS) is 1. The lowest BCUT2D eigenvalue weighted by molar-refractivity contribution is -0.141. The van der Waals surface area contributed by atoms with Crippen molar-refractivity contribution in [3.05, 3.63) is 18.2 Å². The molecule has 0 radical (unpaired) electrons. The summed E-state index contributed by atoms with van der Waals surface area (Å²) in [6, 6.07) is 0.180. The maximum absolute atomic E-state index is 12.4. The molecule has 3 aliphatic rings. The Morgan fingerprint density at radius 2 is 2.14 bits per heavy atom. The van der Waals surface area contributed by atoms with E-state index in [-0.39, 0.29) is 23.8 Å². The molecule has 0 bridgehead atoms. The first kappa shape index (κ1) is 12.9. The predicted octanol–water partition coefficient (Wildman–Crippen LogP) is 0.671. The summed E-state index contributed by atoms with van der Waals surface area (Å²) in [5.41, 5.74) is 0. The third-order valence-corrected chi connectivity index (χ3v) is 5.52. The number of hydrogen-bond donors (Lipinski definition) is 2. The van der Waals surface area contributed by atoms with Gasteiger partial charge in [0.15, 0.2) is 0 Å². The molecule has 2 aliphatic carbocycles. The number of aliphatic carboxylic acids is 1. The molecule has 0 saturated heterocycles. The minimum Gasteiger partial charge on any atom is -0.481 e. The van der Waals surface area contributed by atoms with Crippen LogP contribution in [0.4, 0.5) is 0 Å². The summed E-state index contributed by atoms with van der Waals surface area (Å²) in [5.74, 6) is 1.03. The van der Waals surface area contributed by atoms with Crippen LogP contribution in [0.2, 0.25) is 0 Å². The lowest BCUT2D eigenvalue weighted by atomic mass is 9.71. The topological polar surface area (TPSA) is 84.2 Å². The SMILES string of the molecule is O=C(O)C1C[C@@H]2C[C@@H](NC(=O)C3Cc4nccn4C3)[C@@H]2C1. The van der Waals surface area contributed by atoms with E-state index in [0.29, 0.717) is 24.8 Å². The molecule has 112 valence electrons. The van der Waals surface area contributed by atoms with Crippen molar-refractivity contribution in [2.75, 3.05) is 0 Å². The predicted molar refractivity (Wildman–Crippen MR) is 73.3 cm³/mol. The van der Waals surface area contributed by atoms with Gasteiger partial charge in [0, 0.05) is 31.4 Å². The zero-order valence-corrected chi connectivity index (χ0v) is 11.7. The smallest absolute Gasteiger partial charge is 0.306 e. The van der Waals surface area contributed by atoms with Crippen LogP contribution in [0.3, 0.4) is 0 Å². The number of amides is 1. The van der Waals surface area contributed by atoms with Crippen molar-refractivity contribution in [1.82, 2.24) is 14.9 Å². The van der Waals surface area contributed by atoms with Crippen LogP contribution in [0.25, 0.3) is 0 Å². The number of nitrogens with zero attached hydrogens (tertiary/aromatic N) is 2. The highest BCUT2D eigenvalue weighted by atomic mass is 16.4. The summed E-state index contributed by atoms with van der Waals surface area (Å²) in [7, 11) is 0. The second-order valence-corrected chi connectivity index (χ2v) is 6.68. The molecule has 2 unspecified atom stereocenters. The Balaban J connectivity index is 1.33. The molecule has 6 heteroatoms. The average Bonchev–Trinajstić information content (AvgIpc) is 3.07. The fraction of sp³-hybridized carbons (Fsp3) is 0.667. The molecule has 1 aliphatic heterocycles. The molecular weight excluding hydrogens is 270 g/mol. The molecular formula is C15H19N3O3. The van der Waals surface area contributed by atoms with E-state index < -0.39 is 5.97 Å². The second kappa shape index (κ2) is 4.58. The van der Waals surface area contributed by atoms with E-state index in [2.05, 4.69) is 10.3 Å². The van der Waals surface area contributed by atoms with E-state index in [4.69, 9.17) is 5.11 Å². The van der Waals surface area contributed by atoms with Gasteiger partial charge in [-0.05, 0) is 31.1 Å². The van der Waals surface area contributed by atoms with Crippen LogP contribution in [-0.4, -0.2) is 32.6 Å². The van der Waals surface area contributed by atoms with Gasteiger partial charge in [0.2, 0.25) is 5.91 Å². The molecule has 0 aromatic carbocycles. The van der Waals surface area contributed by atoms with Crippen molar-refractivity contribution in [2.45, 2.75) is 38.3 Å². The van der Waals surface area contributed by atoms with Crippen LogP contribution in [0.5, 0.6) is 0 Å². The number of rotatable bonds is 3. The summed E-state index contributed by atoms with van der Waals surface area (Å²) in [6.45, 7) is 0.708. The number of carbonyl (C=O) groups excluding carboxylic acids is 1. The summed E-state index contributed by atoms with van der Waals surface area (Å²) in [4.78, 5) is 27.7. The van der Waals surface area contributed by atoms with Crippen molar-refractivity contribution in [1.29, 1.82) is 0 Å². The molecule has 2 heterocycles. The Morgan fingerprint density at radius 1 is 1.29 bits per heavy atom. The minimum absolute atomic E-state index is 0.0237. The Labute approximate surface area is 122 Å². The van der Waals surface area contributed by atoms with E-state index in [1.807, 2.05) is 10.8 Å². The van der Waals surface area contributed by atoms with Crippen molar-refractivity contribution >= 4 is 11.9 Å². The molecule has 2 saturated carbocycles.